The Labute approximate surface area is 78.6 Å². The van der Waals surface area contributed by atoms with Crippen LogP contribution >= 0.6 is 0 Å². The first kappa shape index (κ1) is 7.39. The Morgan fingerprint density at radius 3 is 2.69 bits per heavy atom. The Hall–Kier alpha value is -1.02. The predicted octanol–water partition coefficient (Wildman–Crippen LogP) is 1.24. The summed E-state index contributed by atoms with van der Waals surface area (Å²) in [7, 11) is 0. The van der Waals surface area contributed by atoms with Gasteiger partial charge in [0.25, 0.3) is 0 Å². The van der Waals surface area contributed by atoms with Gasteiger partial charge in [-0.25, -0.2) is 0 Å². The number of nitrogens with zero attached hydrogens (tertiary/aromatic N) is 1. The van der Waals surface area contributed by atoms with Crippen LogP contribution in [-0.4, -0.2) is 25.2 Å². The molecule has 2 heteroatoms. The van der Waals surface area contributed by atoms with Crippen molar-refractivity contribution in [3.05, 3.63) is 30.3 Å². The summed E-state index contributed by atoms with van der Waals surface area (Å²) in [6, 6.07) is 12.2. The molecule has 0 aromatic heterocycles. The van der Waals surface area contributed by atoms with E-state index in [1.807, 2.05) is 0 Å². The van der Waals surface area contributed by atoms with E-state index in [2.05, 4.69) is 40.5 Å². The van der Waals surface area contributed by atoms with Gasteiger partial charge < -0.3 is 10.2 Å². The highest BCUT2D eigenvalue weighted by Gasteiger charge is 2.37. The first-order chi connectivity index (χ1) is 6.43. The van der Waals surface area contributed by atoms with Gasteiger partial charge in [-0.1, -0.05) is 18.2 Å². The van der Waals surface area contributed by atoms with Crippen molar-refractivity contribution in [2.24, 2.45) is 0 Å². The first-order valence-corrected chi connectivity index (χ1v) is 4.98. The van der Waals surface area contributed by atoms with E-state index < -0.39 is 0 Å². The minimum Gasteiger partial charge on any atom is -0.366 e. The number of rotatable bonds is 1. The second-order valence-corrected chi connectivity index (χ2v) is 3.98. The van der Waals surface area contributed by atoms with Gasteiger partial charge in [0.15, 0.2) is 0 Å². The van der Waals surface area contributed by atoms with Gasteiger partial charge in [-0.05, 0) is 18.6 Å². The van der Waals surface area contributed by atoms with Crippen molar-refractivity contribution in [1.29, 1.82) is 0 Å². The Balaban J connectivity index is 1.87. The number of benzene rings is 1. The lowest BCUT2D eigenvalue weighted by Gasteiger charge is -2.29. The number of piperazine rings is 1. The zero-order valence-corrected chi connectivity index (χ0v) is 7.61. The first-order valence-electron chi connectivity index (χ1n) is 4.98. The third-order valence-corrected chi connectivity index (χ3v) is 3.14. The molecular formula is C11H14N2. The minimum atomic E-state index is 0.741. The molecule has 0 saturated carbocycles. The van der Waals surface area contributed by atoms with Crippen molar-refractivity contribution >= 4 is 5.69 Å². The zero-order chi connectivity index (χ0) is 8.67. The van der Waals surface area contributed by atoms with E-state index in [1.54, 1.807) is 0 Å². The second kappa shape index (κ2) is 2.74. The topological polar surface area (TPSA) is 15.3 Å². The third kappa shape index (κ3) is 1.13. The fourth-order valence-electron chi connectivity index (χ4n) is 2.50. The molecule has 0 radical (unpaired) electrons. The maximum Gasteiger partial charge on any atom is 0.0430 e. The average molecular weight is 174 g/mol. The van der Waals surface area contributed by atoms with E-state index in [0.29, 0.717) is 0 Å². The summed E-state index contributed by atoms with van der Waals surface area (Å²) in [4.78, 5) is 2.53. The minimum absolute atomic E-state index is 0.741. The lowest BCUT2D eigenvalue weighted by molar-refractivity contribution is 0.580. The van der Waals surface area contributed by atoms with Gasteiger partial charge >= 0.3 is 0 Å². The summed E-state index contributed by atoms with van der Waals surface area (Å²) in [6.45, 7) is 2.36. The number of hydrogen-bond acceptors (Lipinski definition) is 2. The summed E-state index contributed by atoms with van der Waals surface area (Å²) >= 11 is 0. The molecule has 2 fully saturated rings. The predicted molar refractivity (Wildman–Crippen MR) is 54.0 cm³/mol. The number of hydrogen-bond donors (Lipinski definition) is 1. The number of para-hydroxylation sites is 1. The maximum absolute atomic E-state index is 3.51. The average Bonchev–Trinajstić information content (AvgIpc) is 2.80. The van der Waals surface area contributed by atoms with Crippen molar-refractivity contribution < 1.29 is 0 Å². The fraction of sp³-hybridized carbons (Fsp3) is 0.455. The van der Waals surface area contributed by atoms with Gasteiger partial charge in [-0.15, -0.1) is 0 Å². The molecule has 3 rings (SSSR count). The van der Waals surface area contributed by atoms with Crippen molar-refractivity contribution in [3.8, 4) is 0 Å². The quantitative estimate of drug-likeness (QED) is 0.689. The van der Waals surface area contributed by atoms with Crippen LogP contribution in [0.3, 0.4) is 0 Å². The largest absolute Gasteiger partial charge is 0.366 e. The highest BCUT2D eigenvalue weighted by Crippen LogP contribution is 2.28. The molecule has 1 N–H and O–H groups in total. The van der Waals surface area contributed by atoms with Crippen LogP contribution in [0.15, 0.2) is 30.3 Å². The number of anilines is 1. The van der Waals surface area contributed by atoms with Crippen LogP contribution in [0.2, 0.25) is 0 Å². The zero-order valence-electron chi connectivity index (χ0n) is 7.61. The van der Waals surface area contributed by atoms with Crippen LogP contribution in [0.4, 0.5) is 5.69 Å². The highest BCUT2D eigenvalue weighted by atomic mass is 15.3. The molecule has 2 bridgehead atoms. The molecule has 2 atom stereocenters. The molecule has 0 amide bonds. The maximum atomic E-state index is 3.51. The van der Waals surface area contributed by atoms with Gasteiger partial charge in [0.2, 0.25) is 0 Å². The standard InChI is InChI=1S/C11H14N2/c1-2-4-10(5-3-1)13-8-9-6-11(13)7-12-9/h1-5,9,11-12H,6-8H2/t9-,11-/m1/s1. The van der Waals surface area contributed by atoms with Crippen molar-refractivity contribution in [3.63, 3.8) is 0 Å². The molecule has 13 heavy (non-hydrogen) atoms. The lowest BCUT2D eigenvalue weighted by Crippen LogP contribution is -2.43. The monoisotopic (exact) mass is 174 g/mol. The van der Waals surface area contributed by atoms with Crippen LogP contribution in [0, 0.1) is 0 Å². The summed E-state index contributed by atoms with van der Waals surface area (Å²) in [5.41, 5.74) is 1.39. The van der Waals surface area contributed by atoms with Crippen LogP contribution < -0.4 is 10.2 Å². The second-order valence-electron chi connectivity index (χ2n) is 3.98. The Bertz CT molecular complexity index is 296. The Kier molecular flexibility index (Phi) is 1.56. The molecule has 0 unspecified atom stereocenters. The molecular weight excluding hydrogens is 160 g/mol. The molecule has 1 aromatic carbocycles. The highest BCUT2D eigenvalue weighted by molar-refractivity contribution is 5.49. The normalized spacial score (nSPS) is 31.2. The van der Waals surface area contributed by atoms with E-state index in [4.69, 9.17) is 0 Å². The Morgan fingerprint density at radius 2 is 2.08 bits per heavy atom. The fourth-order valence-corrected chi connectivity index (χ4v) is 2.50. The lowest BCUT2D eigenvalue weighted by atomic mass is 10.2. The molecule has 68 valence electrons. The van der Waals surface area contributed by atoms with Crippen LogP contribution in [0.1, 0.15) is 6.42 Å². The van der Waals surface area contributed by atoms with Gasteiger partial charge in [-0.2, -0.15) is 0 Å². The van der Waals surface area contributed by atoms with Gasteiger partial charge in [0, 0.05) is 30.9 Å². The summed E-state index contributed by atoms with van der Waals surface area (Å²) < 4.78 is 0. The molecule has 2 nitrogen and oxygen atoms in total. The molecule has 2 aliphatic rings. The van der Waals surface area contributed by atoms with Crippen LogP contribution in [0.25, 0.3) is 0 Å². The Morgan fingerprint density at radius 1 is 1.23 bits per heavy atom. The van der Waals surface area contributed by atoms with Crippen molar-refractivity contribution in [2.45, 2.75) is 18.5 Å². The van der Waals surface area contributed by atoms with E-state index in [1.165, 1.54) is 25.2 Å². The molecule has 0 aliphatic carbocycles. The van der Waals surface area contributed by atoms with E-state index in [-0.39, 0.29) is 0 Å². The SMILES string of the molecule is c1ccc(N2C[C@H]3C[C@@H]2CN3)cc1. The van der Waals surface area contributed by atoms with Crippen LogP contribution in [0.5, 0.6) is 0 Å². The smallest absolute Gasteiger partial charge is 0.0430 e. The van der Waals surface area contributed by atoms with Crippen molar-refractivity contribution in [2.75, 3.05) is 18.0 Å². The van der Waals surface area contributed by atoms with Gasteiger partial charge in [0.05, 0.1) is 0 Å². The molecule has 0 spiro atoms. The van der Waals surface area contributed by atoms with Gasteiger partial charge in [-0.3, -0.25) is 0 Å². The molecule has 2 saturated heterocycles. The summed E-state index contributed by atoms with van der Waals surface area (Å²) in [5, 5.41) is 3.51. The molecule has 2 aliphatic heterocycles. The van der Waals surface area contributed by atoms with Gasteiger partial charge in [0.1, 0.15) is 0 Å². The molecule has 2 heterocycles. The summed E-state index contributed by atoms with van der Waals surface area (Å²) in [5.74, 6) is 0. The summed E-state index contributed by atoms with van der Waals surface area (Å²) in [6.07, 6.45) is 1.33. The molecule has 1 aromatic rings. The third-order valence-electron chi connectivity index (χ3n) is 3.14. The van der Waals surface area contributed by atoms with E-state index >= 15 is 0 Å². The van der Waals surface area contributed by atoms with Crippen LogP contribution in [-0.2, 0) is 0 Å². The van der Waals surface area contributed by atoms with Crippen molar-refractivity contribution in [1.82, 2.24) is 5.32 Å². The van der Waals surface area contributed by atoms with E-state index in [9.17, 15) is 0 Å². The number of fused-ring (bicyclic) bond motifs is 2. The van der Waals surface area contributed by atoms with E-state index in [0.717, 1.165) is 12.1 Å². The number of nitrogens with one attached hydrogen (secondary N) is 1.